The number of hydrogen-bond donors (Lipinski definition) is 2. The van der Waals surface area contributed by atoms with Crippen molar-refractivity contribution in [3.63, 3.8) is 0 Å². The van der Waals surface area contributed by atoms with Crippen LogP contribution in [-0.4, -0.2) is 27.9 Å². The number of allylic oxidation sites excluding steroid dienone is 3. The lowest BCUT2D eigenvalue weighted by atomic mass is 9.89. The van der Waals surface area contributed by atoms with Crippen LogP contribution in [0.3, 0.4) is 0 Å². The van der Waals surface area contributed by atoms with Crippen molar-refractivity contribution in [3.8, 4) is 0 Å². The van der Waals surface area contributed by atoms with Crippen molar-refractivity contribution in [3.05, 3.63) is 23.5 Å². The molecule has 0 heterocycles. The molecule has 1 atom stereocenters. The van der Waals surface area contributed by atoms with Crippen molar-refractivity contribution < 1.29 is 19.8 Å². The van der Waals surface area contributed by atoms with Crippen LogP contribution in [0.25, 0.3) is 0 Å². The summed E-state index contributed by atoms with van der Waals surface area (Å²) >= 11 is 0. The summed E-state index contributed by atoms with van der Waals surface area (Å²) in [5.74, 6) is -1.08. The van der Waals surface area contributed by atoms with Gasteiger partial charge in [0.05, 0.1) is 0 Å². The van der Waals surface area contributed by atoms with Crippen molar-refractivity contribution in [2.24, 2.45) is 0 Å². The highest BCUT2D eigenvalue weighted by Gasteiger charge is 2.30. The van der Waals surface area contributed by atoms with Crippen LogP contribution >= 0.6 is 0 Å². The van der Waals surface area contributed by atoms with Gasteiger partial charge >= 0.3 is 0 Å². The highest BCUT2D eigenvalue weighted by atomic mass is 16.3. The van der Waals surface area contributed by atoms with Gasteiger partial charge in [0.15, 0.2) is 11.6 Å². The van der Waals surface area contributed by atoms with Gasteiger partial charge in [-0.25, -0.2) is 0 Å². The summed E-state index contributed by atoms with van der Waals surface area (Å²) in [6, 6.07) is 0. The summed E-state index contributed by atoms with van der Waals surface area (Å²) in [5.41, 5.74) is -0.158. The van der Waals surface area contributed by atoms with Crippen LogP contribution in [0, 0.1) is 0 Å². The average Bonchev–Trinajstić information content (AvgIpc) is 2.68. The van der Waals surface area contributed by atoms with Gasteiger partial charge in [0.2, 0.25) is 0 Å². The Balaban J connectivity index is 1.99. The Morgan fingerprint density at radius 1 is 0.929 bits per heavy atom. The molecule has 1 unspecified atom stereocenters. The van der Waals surface area contributed by atoms with E-state index in [9.17, 15) is 19.8 Å². The van der Waals surface area contributed by atoms with Gasteiger partial charge in [0.25, 0.3) is 0 Å². The van der Waals surface area contributed by atoms with Crippen LogP contribution in [0.15, 0.2) is 23.5 Å². The van der Waals surface area contributed by atoms with Crippen LogP contribution in [0.5, 0.6) is 0 Å². The van der Waals surface area contributed by atoms with E-state index in [1.807, 2.05) is 0 Å². The van der Waals surface area contributed by atoms with Crippen LogP contribution in [-0.2, 0) is 9.59 Å². The largest absolute Gasteiger partial charge is 0.509 e. The first-order valence-electron chi connectivity index (χ1n) is 11.4. The fourth-order valence-corrected chi connectivity index (χ4v) is 3.62. The molecule has 28 heavy (non-hydrogen) atoms. The van der Waals surface area contributed by atoms with E-state index in [2.05, 4.69) is 19.1 Å². The molecule has 0 aromatic rings. The molecule has 1 aliphatic carbocycles. The first-order chi connectivity index (χ1) is 13.6. The summed E-state index contributed by atoms with van der Waals surface area (Å²) < 4.78 is 0. The lowest BCUT2D eigenvalue weighted by molar-refractivity contribution is -0.123. The summed E-state index contributed by atoms with van der Waals surface area (Å²) in [7, 11) is 0. The molecule has 0 aromatic carbocycles. The molecule has 0 radical (unpaired) electrons. The summed E-state index contributed by atoms with van der Waals surface area (Å²) in [4.78, 5) is 23.9. The van der Waals surface area contributed by atoms with Gasteiger partial charge in [-0.3, -0.25) is 9.59 Å². The molecule has 1 rings (SSSR count). The molecule has 0 amide bonds. The normalized spacial score (nSPS) is 17.6. The molecule has 0 aromatic heterocycles. The van der Waals surface area contributed by atoms with E-state index >= 15 is 0 Å². The average molecular weight is 393 g/mol. The smallest absolute Gasteiger partial charge is 0.170 e. The first kappa shape index (κ1) is 24.6. The van der Waals surface area contributed by atoms with E-state index in [0.29, 0.717) is 0 Å². The van der Waals surface area contributed by atoms with Crippen LogP contribution in [0.4, 0.5) is 0 Å². The third kappa shape index (κ3) is 10.2. The van der Waals surface area contributed by atoms with Gasteiger partial charge in [-0.05, 0) is 38.5 Å². The Labute approximate surface area is 171 Å². The van der Waals surface area contributed by atoms with E-state index in [4.69, 9.17) is 0 Å². The molecule has 0 aliphatic heterocycles. The second-order valence-corrected chi connectivity index (χ2v) is 8.00. The molecule has 0 bridgehead atoms. The Kier molecular flexibility index (Phi) is 13.6. The Morgan fingerprint density at radius 3 is 2.07 bits per heavy atom. The van der Waals surface area contributed by atoms with Gasteiger partial charge in [0, 0.05) is 12.8 Å². The SMILES string of the molecule is CCCCCCCCC=CCCCCCCCC(=O)C1=C(O)C(O)CCC1=O. The predicted molar refractivity (Wildman–Crippen MR) is 114 cm³/mol. The molecule has 4 heteroatoms. The van der Waals surface area contributed by atoms with Gasteiger partial charge < -0.3 is 10.2 Å². The maximum atomic E-state index is 12.1. The topological polar surface area (TPSA) is 74.6 Å². The zero-order chi connectivity index (χ0) is 20.6. The minimum absolute atomic E-state index is 0.138. The summed E-state index contributed by atoms with van der Waals surface area (Å²) in [6.07, 6.45) is 19.7. The zero-order valence-electron chi connectivity index (χ0n) is 17.8. The highest BCUT2D eigenvalue weighted by molar-refractivity contribution is 6.21. The number of aliphatic hydroxyl groups is 2. The van der Waals surface area contributed by atoms with Gasteiger partial charge in [0.1, 0.15) is 17.4 Å². The molecule has 0 fully saturated rings. The molecule has 160 valence electrons. The van der Waals surface area contributed by atoms with Crippen molar-refractivity contribution in [1.82, 2.24) is 0 Å². The lowest BCUT2D eigenvalue weighted by Crippen LogP contribution is -2.27. The molecule has 2 N–H and O–H groups in total. The maximum Gasteiger partial charge on any atom is 0.170 e. The van der Waals surface area contributed by atoms with E-state index in [1.54, 1.807) is 0 Å². The minimum Gasteiger partial charge on any atom is -0.509 e. The number of carbonyl (C=O) groups is 2. The number of ketones is 2. The molecule has 0 spiro atoms. The zero-order valence-corrected chi connectivity index (χ0v) is 17.8. The lowest BCUT2D eigenvalue weighted by Gasteiger charge is -2.18. The molecular formula is C24H40O4. The fourth-order valence-electron chi connectivity index (χ4n) is 3.62. The number of unbranched alkanes of at least 4 members (excludes halogenated alkanes) is 11. The van der Waals surface area contributed by atoms with Crippen molar-refractivity contribution in [2.45, 2.75) is 116 Å². The third-order valence-corrected chi connectivity index (χ3v) is 5.44. The third-order valence-electron chi connectivity index (χ3n) is 5.44. The van der Waals surface area contributed by atoms with Gasteiger partial charge in [-0.15, -0.1) is 0 Å². The first-order valence-corrected chi connectivity index (χ1v) is 11.4. The fraction of sp³-hybridized carbons (Fsp3) is 0.750. The van der Waals surface area contributed by atoms with E-state index in [-0.39, 0.29) is 36.4 Å². The summed E-state index contributed by atoms with van der Waals surface area (Å²) in [5, 5.41) is 19.4. The molecular weight excluding hydrogens is 352 g/mol. The Bertz CT molecular complexity index is 519. The maximum absolute atomic E-state index is 12.1. The minimum atomic E-state index is -1.06. The van der Waals surface area contributed by atoms with Crippen molar-refractivity contribution in [2.75, 3.05) is 0 Å². The second-order valence-electron chi connectivity index (χ2n) is 8.00. The molecule has 4 nitrogen and oxygen atoms in total. The molecule has 0 saturated carbocycles. The quantitative estimate of drug-likeness (QED) is 0.188. The molecule has 1 aliphatic rings. The number of carbonyl (C=O) groups excluding carboxylic acids is 2. The van der Waals surface area contributed by atoms with Crippen molar-refractivity contribution in [1.29, 1.82) is 0 Å². The van der Waals surface area contributed by atoms with E-state index in [1.165, 1.54) is 51.4 Å². The Morgan fingerprint density at radius 2 is 1.46 bits per heavy atom. The second kappa shape index (κ2) is 15.5. The van der Waals surface area contributed by atoms with Crippen LogP contribution in [0.1, 0.15) is 110 Å². The van der Waals surface area contributed by atoms with Gasteiger partial charge in [-0.1, -0.05) is 70.4 Å². The van der Waals surface area contributed by atoms with E-state index < -0.39 is 11.9 Å². The standard InChI is InChI=1S/C24H40O4/c1-2-3-4-5-6-7-8-9-10-11-12-13-14-15-16-17-20(25)23-21(26)18-19-22(27)24(23)28/h9-10,22,27-28H,2-8,11-19H2,1H3. The van der Waals surface area contributed by atoms with Crippen LogP contribution in [0.2, 0.25) is 0 Å². The molecule has 0 saturated heterocycles. The highest BCUT2D eigenvalue weighted by Crippen LogP contribution is 2.23. The van der Waals surface area contributed by atoms with E-state index in [0.717, 1.165) is 32.1 Å². The predicted octanol–water partition coefficient (Wildman–Crippen LogP) is 6.13. The van der Waals surface area contributed by atoms with Crippen LogP contribution < -0.4 is 0 Å². The number of Topliss-reactive ketones (excluding diaryl/α,β-unsaturated/α-hetero) is 2. The summed E-state index contributed by atoms with van der Waals surface area (Å²) in [6.45, 7) is 2.25. The number of rotatable bonds is 16. The van der Waals surface area contributed by atoms with Gasteiger partial charge in [-0.2, -0.15) is 0 Å². The number of aliphatic hydroxyl groups excluding tert-OH is 2. The van der Waals surface area contributed by atoms with Crippen molar-refractivity contribution >= 4 is 11.6 Å². The number of hydrogen-bond acceptors (Lipinski definition) is 4. The monoisotopic (exact) mass is 392 g/mol. The Hall–Kier alpha value is -1.42.